The molecule has 2 amide bonds. The van der Waals surface area contributed by atoms with E-state index in [1.807, 2.05) is 41.8 Å². The number of nitrogens with two attached hydrogens (primary N) is 1. The molecule has 0 saturated carbocycles. The highest BCUT2D eigenvalue weighted by Gasteiger charge is 2.28. The van der Waals surface area contributed by atoms with Gasteiger partial charge < -0.3 is 10.6 Å². The Hall–Kier alpha value is -1.71. The molecule has 1 heterocycles. The summed E-state index contributed by atoms with van der Waals surface area (Å²) in [6, 6.07) is 5.85. The number of hydrogen-bond donors (Lipinski definition) is 1. The Kier molecular flexibility index (Phi) is 3.22. The molecule has 4 heteroatoms. The van der Waals surface area contributed by atoms with Crippen molar-refractivity contribution >= 4 is 17.4 Å². The Morgan fingerprint density at radius 1 is 1.41 bits per heavy atom. The van der Waals surface area contributed by atoms with E-state index in [-0.39, 0.29) is 6.03 Å². The summed E-state index contributed by atoms with van der Waals surface area (Å²) < 4.78 is 0. The van der Waals surface area contributed by atoms with Crippen LogP contribution in [0, 0.1) is 0 Å². The molecule has 1 aliphatic heterocycles. The molecule has 0 atom stereocenters. The van der Waals surface area contributed by atoms with Crippen LogP contribution in [-0.4, -0.2) is 30.6 Å². The lowest BCUT2D eigenvalue weighted by Gasteiger charge is -2.26. The molecule has 2 rings (SSSR count). The predicted molar refractivity (Wildman–Crippen MR) is 70.2 cm³/mol. The molecular formula is C13H19N3O. The van der Waals surface area contributed by atoms with Gasteiger partial charge in [0.25, 0.3) is 0 Å². The highest BCUT2D eigenvalue weighted by Crippen LogP contribution is 2.32. The number of urea groups is 1. The maximum Gasteiger partial charge on any atom is 0.324 e. The molecule has 0 aliphatic carbocycles. The van der Waals surface area contributed by atoms with Crippen LogP contribution in [0.1, 0.15) is 19.4 Å². The molecule has 0 spiro atoms. The molecular weight excluding hydrogens is 214 g/mol. The Morgan fingerprint density at radius 2 is 2.12 bits per heavy atom. The second kappa shape index (κ2) is 4.65. The Morgan fingerprint density at radius 3 is 2.76 bits per heavy atom. The van der Waals surface area contributed by atoms with Gasteiger partial charge in [0.2, 0.25) is 0 Å². The number of carbonyl (C=O) groups is 1. The Bertz CT molecular complexity index is 427. The quantitative estimate of drug-likeness (QED) is 0.795. The monoisotopic (exact) mass is 233 g/mol. The van der Waals surface area contributed by atoms with Gasteiger partial charge in [-0.15, -0.1) is 0 Å². The second-order valence-corrected chi connectivity index (χ2v) is 4.20. The molecule has 1 aromatic rings. The SMILES string of the molecule is CCN(CC)C(=O)N1CCc2c(N)cccc21. The summed E-state index contributed by atoms with van der Waals surface area (Å²) in [7, 11) is 0. The molecule has 92 valence electrons. The number of nitrogens with zero attached hydrogens (tertiary/aromatic N) is 2. The largest absolute Gasteiger partial charge is 0.398 e. The van der Waals surface area contributed by atoms with Gasteiger partial charge in [0.15, 0.2) is 0 Å². The zero-order chi connectivity index (χ0) is 12.4. The van der Waals surface area contributed by atoms with E-state index in [2.05, 4.69) is 0 Å². The van der Waals surface area contributed by atoms with E-state index in [4.69, 9.17) is 5.73 Å². The van der Waals surface area contributed by atoms with E-state index in [1.54, 1.807) is 0 Å². The molecule has 0 saturated heterocycles. The summed E-state index contributed by atoms with van der Waals surface area (Å²) in [6.45, 7) is 6.21. The van der Waals surface area contributed by atoms with Gasteiger partial charge in [0.05, 0.1) is 5.69 Å². The first-order valence-electron chi connectivity index (χ1n) is 6.12. The fraction of sp³-hybridized carbons (Fsp3) is 0.462. The van der Waals surface area contributed by atoms with Crippen molar-refractivity contribution < 1.29 is 4.79 Å². The van der Waals surface area contributed by atoms with Crippen molar-refractivity contribution in [1.29, 1.82) is 0 Å². The molecule has 1 aromatic carbocycles. The van der Waals surface area contributed by atoms with Gasteiger partial charge in [-0.25, -0.2) is 4.79 Å². The van der Waals surface area contributed by atoms with Crippen LogP contribution in [0.4, 0.5) is 16.2 Å². The van der Waals surface area contributed by atoms with Crippen molar-refractivity contribution in [1.82, 2.24) is 4.90 Å². The summed E-state index contributed by atoms with van der Waals surface area (Å²) in [4.78, 5) is 16.0. The number of nitrogen functional groups attached to an aromatic ring is 1. The molecule has 2 N–H and O–H groups in total. The summed E-state index contributed by atoms with van der Waals surface area (Å²) in [6.07, 6.45) is 0.856. The number of benzene rings is 1. The molecule has 0 fully saturated rings. The average molecular weight is 233 g/mol. The smallest absolute Gasteiger partial charge is 0.324 e. The topological polar surface area (TPSA) is 49.6 Å². The van der Waals surface area contributed by atoms with Crippen LogP contribution in [0.5, 0.6) is 0 Å². The third-order valence-corrected chi connectivity index (χ3v) is 3.33. The zero-order valence-corrected chi connectivity index (χ0v) is 10.4. The van der Waals surface area contributed by atoms with Crippen LogP contribution in [0.15, 0.2) is 18.2 Å². The van der Waals surface area contributed by atoms with Crippen molar-refractivity contribution in [2.75, 3.05) is 30.3 Å². The lowest BCUT2D eigenvalue weighted by atomic mass is 10.1. The van der Waals surface area contributed by atoms with Crippen LogP contribution < -0.4 is 10.6 Å². The summed E-state index contributed by atoms with van der Waals surface area (Å²) in [5, 5.41) is 0. The minimum atomic E-state index is 0.0827. The first kappa shape index (κ1) is 11.8. The van der Waals surface area contributed by atoms with E-state index in [9.17, 15) is 4.79 Å². The van der Waals surface area contributed by atoms with Crippen molar-refractivity contribution in [2.45, 2.75) is 20.3 Å². The lowest BCUT2D eigenvalue weighted by Crippen LogP contribution is -2.42. The fourth-order valence-corrected chi connectivity index (χ4v) is 2.32. The third kappa shape index (κ3) is 1.95. The number of carbonyl (C=O) groups excluding carboxylic acids is 1. The van der Waals surface area contributed by atoms with Crippen molar-refractivity contribution in [3.63, 3.8) is 0 Å². The Labute approximate surface area is 102 Å². The fourth-order valence-electron chi connectivity index (χ4n) is 2.32. The van der Waals surface area contributed by atoms with Gasteiger partial charge in [0, 0.05) is 30.9 Å². The first-order chi connectivity index (χ1) is 8.19. The van der Waals surface area contributed by atoms with Gasteiger partial charge in [-0.2, -0.15) is 0 Å². The highest BCUT2D eigenvalue weighted by atomic mass is 16.2. The number of anilines is 2. The highest BCUT2D eigenvalue weighted by molar-refractivity contribution is 5.95. The molecule has 1 aliphatic rings. The number of fused-ring (bicyclic) bond motifs is 1. The van der Waals surface area contributed by atoms with Crippen molar-refractivity contribution in [2.24, 2.45) is 0 Å². The van der Waals surface area contributed by atoms with E-state index < -0.39 is 0 Å². The predicted octanol–water partition coefficient (Wildman–Crippen LogP) is 2.09. The van der Waals surface area contributed by atoms with Crippen molar-refractivity contribution in [3.05, 3.63) is 23.8 Å². The third-order valence-electron chi connectivity index (χ3n) is 3.33. The van der Waals surface area contributed by atoms with Crippen LogP contribution in [0.2, 0.25) is 0 Å². The van der Waals surface area contributed by atoms with Crippen LogP contribution in [0.25, 0.3) is 0 Å². The van der Waals surface area contributed by atoms with E-state index in [1.165, 1.54) is 0 Å². The number of rotatable bonds is 2. The van der Waals surface area contributed by atoms with E-state index in [0.717, 1.165) is 43.0 Å². The summed E-state index contributed by atoms with van der Waals surface area (Å²) in [5.41, 5.74) is 8.79. The standard InChI is InChI=1S/C13H19N3O/c1-3-15(4-2)13(17)16-9-8-10-11(14)6-5-7-12(10)16/h5-7H,3-4,8-9,14H2,1-2H3. The van der Waals surface area contributed by atoms with Gasteiger partial charge in [0.1, 0.15) is 0 Å². The summed E-state index contributed by atoms with van der Waals surface area (Å²) >= 11 is 0. The Balaban J connectivity index is 2.28. The summed E-state index contributed by atoms with van der Waals surface area (Å²) in [5.74, 6) is 0. The lowest BCUT2D eigenvalue weighted by molar-refractivity contribution is 0.210. The number of hydrogen-bond acceptors (Lipinski definition) is 2. The molecule has 0 aromatic heterocycles. The maximum absolute atomic E-state index is 12.3. The van der Waals surface area contributed by atoms with Crippen LogP contribution in [0.3, 0.4) is 0 Å². The second-order valence-electron chi connectivity index (χ2n) is 4.20. The van der Waals surface area contributed by atoms with Gasteiger partial charge >= 0.3 is 6.03 Å². The van der Waals surface area contributed by atoms with E-state index >= 15 is 0 Å². The average Bonchev–Trinajstić information content (AvgIpc) is 2.75. The van der Waals surface area contributed by atoms with Gasteiger partial charge in [-0.3, -0.25) is 4.90 Å². The normalized spacial score (nSPS) is 13.6. The van der Waals surface area contributed by atoms with Crippen LogP contribution >= 0.6 is 0 Å². The first-order valence-corrected chi connectivity index (χ1v) is 6.12. The maximum atomic E-state index is 12.3. The van der Waals surface area contributed by atoms with Crippen LogP contribution in [-0.2, 0) is 6.42 Å². The zero-order valence-electron chi connectivity index (χ0n) is 10.4. The molecule has 0 bridgehead atoms. The molecule has 0 radical (unpaired) electrons. The minimum Gasteiger partial charge on any atom is -0.398 e. The van der Waals surface area contributed by atoms with E-state index in [0.29, 0.717) is 0 Å². The van der Waals surface area contributed by atoms with Crippen molar-refractivity contribution in [3.8, 4) is 0 Å². The minimum absolute atomic E-state index is 0.0827. The molecule has 4 nitrogen and oxygen atoms in total. The molecule has 17 heavy (non-hydrogen) atoms. The van der Waals surface area contributed by atoms with Gasteiger partial charge in [-0.1, -0.05) is 6.07 Å². The number of amides is 2. The molecule has 0 unspecified atom stereocenters. The van der Waals surface area contributed by atoms with Gasteiger partial charge in [-0.05, 0) is 32.4 Å².